The second-order valence-electron chi connectivity index (χ2n) is 4.97. The predicted octanol–water partition coefficient (Wildman–Crippen LogP) is 2.34. The predicted molar refractivity (Wildman–Crippen MR) is 69.8 cm³/mol. The molecule has 1 heterocycles. The summed E-state index contributed by atoms with van der Waals surface area (Å²) in [5.41, 5.74) is 2.34. The lowest BCUT2D eigenvalue weighted by atomic mass is 9.99. The first-order valence-corrected chi connectivity index (χ1v) is 6.47. The molecule has 1 aromatic carbocycles. The van der Waals surface area contributed by atoms with Crippen molar-refractivity contribution < 1.29 is 14.3 Å². The molecule has 0 radical (unpaired) electrons. The van der Waals surface area contributed by atoms with E-state index in [1.807, 2.05) is 12.1 Å². The lowest BCUT2D eigenvalue weighted by Crippen LogP contribution is -2.36. The first-order chi connectivity index (χ1) is 8.66. The van der Waals surface area contributed by atoms with Crippen LogP contribution in [0, 0.1) is 0 Å². The Kier molecular flexibility index (Phi) is 4.50. The Bertz CT molecular complexity index is 389. The molecule has 1 aromatic rings. The van der Waals surface area contributed by atoms with Crippen molar-refractivity contribution in [2.45, 2.75) is 32.3 Å². The van der Waals surface area contributed by atoms with E-state index in [9.17, 15) is 4.79 Å². The molecule has 1 unspecified atom stereocenters. The molecule has 0 aliphatic carbocycles. The first-order valence-electron chi connectivity index (χ1n) is 6.47. The van der Waals surface area contributed by atoms with Crippen LogP contribution >= 0.6 is 0 Å². The third-order valence-electron chi connectivity index (χ3n) is 3.20. The number of carbonyl (C=O) groups is 1. The standard InChI is InChI=1S/C15H20O3/c1-11(2)13-5-3-12(4-6-13)9-14(16)15-10-17-7-8-18-15/h3-6,11,15H,7-10H2,1-2H3. The van der Waals surface area contributed by atoms with E-state index in [2.05, 4.69) is 26.0 Å². The van der Waals surface area contributed by atoms with Crippen LogP contribution in [0.1, 0.15) is 30.9 Å². The van der Waals surface area contributed by atoms with Crippen LogP contribution in [0.3, 0.4) is 0 Å². The van der Waals surface area contributed by atoms with E-state index < -0.39 is 0 Å². The molecule has 0 aromatic heterocycles. The smallest absolute Gasteiger partial charge is 0.168 e. The summed E-state index contributed by atoms with van der Waals surface area (Å²) in [6.45, 7) is 5.82. The molecule has 0 spiro atoms. The summed E-state index contributed by atoms with van der Waals surface area (Å²) in [7, 11) is 0. The van der Waals surface area contributed by atoms with E-state index in [0.29, 0.717) is 32.2 Å². The molecule has 98 valence electrons. The highest BCUT2D eigenvalue weighted by molar-refractivity contribution is 5.85. The van der Waals surface area contributed by atoms with E-state index in [-0.39, 0.29) is 11.9 Å². The zero-order valence-electron chi connectivity index (χ0n) is 11.0. The summed E-state index contributed by atoms with van der Waals surface area (Å²) in [5, 5.41) is 0. The summed E-state index contributed by atoms with van der Waals surface area (Å²) in [6, 6.07) is 8.23. The minimum Gasteiger partial charge on any atom is -0.376 e. The van der Waals surface area contributed by atoms with Crippen LogP contribution in [-0.4, -0.2) is 31.7 Å². The number of ketones is 1. The molecule has 1 fully saturated rings. The maximum Gasteiger partial charge on any atom is 0.168 e. The van der Waals surface area contributed by atoms with Crippen LogP contribution in [0.5, 0.6) is 0 Å². The number of benzene rings is 1. The van der Waals surface area contributed by atoms with Gasteiger partial charge in [-0.2, -0.15) is 0 Å². The Morgan fingerprint density at radius 3 is 2.56 bits per heavy atom. The van der Waals surface area contributed by atoms with Crippen LogP contribution in [0.4, 0.5) is 0 Å². The van der Waals surface area contributed by atoms with E-state index in [4.69, 9.17) is 9.47 Å². The highest BCUT2D eigenvalue weighted by Gasteiger charge is 2.22. The van der Waals surface area contributed by atoms with Gasteiger partial charge in [-0.25, -0.2) is 0 Å². The molecule has 18 heavy (non-hydrogen) atoms. The minimum atomic E-state index is -0.386. The first kappa shape index (κ1) is 13.2. The average Bonchev–Trinajstić information content (AvgIpc) is 2.40. The molecule has 1 saturated heterocycles. The molecule has 0 saturated carbocycles. The Hall–Kier alpha value is -1.19. The number of Topliss-reactive ketones (excluding diaryl/α,β-unsaturated/α-hetero) is 1. The normalized spacial score (nSPS) is 20.1. The van der Waals surface area contributed by atoms with Crippen LogP contribution in [0.25, 0.3) is 0 Å². The average molecular weight is 248 g/mol. The molecule has 1 aliphatic heterocycles. The summed E-state index contributed by atoms with van der Waals surface area (Å²) in [4.78, 5) is 12.0. The van der Waals surface area contributed by atoms with Crippen molar-refractivity contribution in [3.8, 4) is 0 Å². The van der Waals surface area contributed by atoms with Gasteiger partial charge in [0.05, 0.1) is 19.8 Å². The minimum absolute atomic E-state index is 0.104. The molecule has 0 N–H and O–H groups in total. The van der Waals surface area contributed by atoms with Gasteiger partial charge in [0.2, 0.25) is 0 Å². The van der Waals surface area contributed by atoms with Crippen LogP contribution in [0.15, 0.2) is 24.3 Å². The highest BCUT2D eigenvalue weighted by Crippen LogP contribution is 2.15. The van der Waals surface area contributed by atoms with Gasteiger partial charge in [-0.15, -0.1) is 0 Å². The maximum absolute atomic E-state index is 12.0. The van der Waals surface area contributed by atoms with Gasteiger partial charge in [0.15, 0.2) is 5.78 Å². The van der Waals surface area contributed by atoms with Crippen molar-refractivity contribution in [3.05, 3.63) is 35.4 Å². The van der Waals surface area contributed by atoms with Crippen LogP contribution < -0.4 is 0 Å². The van der Waals surface area contributed by atoms with Gasteiger partial charge in [-0.05, 0) is 17.0 Å². The van der Waals surface area contributed by atoms with Crippen molar-refractivity contribution >= 4 is 5.78 Å². The fourth-order valence-corrected chi connectivity index (χ4v) is 2.01. The summed E-state index contributed by atoms with van der Waals surface area (Å²) in [5.74, 6) is 0.622. The number of carbonyl (C=O) groups excluding carboxylic acids is 1. The zero-order valence-corrected chi connectivity index (χ0v) is 11.0. The number of rotatable bonds is 4. The molecule has 0 bridgehead atoms. The lowest BCUT2D eigenvalue weighted by Gasteiger charge is -2.21. The lowest BCUT2D eigenvalue weighted by molar-refractivity contribution is -0.144. The summed E-state index contributed by atoms with van der Waals surface area (Å²) >= 11 is 0. The summed E-state index contributed by atoms with van der Waals surface area (Å²) in [6.07, 6.45) is 0.0374. The second-order valence-corrected chi connectivity index (χ2v) is 4.97. The SMILES string of the molecule is CC(C)c1ccc(CC(=O)C2COCCO2)cc1. The van der Waals surface area contributed by atoms with Gasteiger partial charge in [-0.1, -0.05) is 38.1 Å². The third kappa shape index (κ3) is 3.40. The van der Waals surface area contributed by atoms with Crippen molar-refractivity contribution in [1.82, 2.24) is 0 Å². The molecular formula is C15H20O3. The fourth-order valence-electron chi connectivity index (χ4n) is 2.01. The zero-order chi connectivity index (χ0) is 13.0. The number of hydrogen-bond donors (Lipinski definition) is 0. The number of hydrogen-bond acceptors (Lipinski definition) is 3. The van der Waals surface area contributed by atoms with E-state index in [0.717, 1.165) is 5.56 Å². The van der Waals surface area contributed by atoms with Crippen molar-refractivity contribution in [3.63, 3.8) is 0 Å². The third-order valence-corrected chi connectivity index (χ3v) is 3.20. The fraction of sp³-hybridized carbons (Fsp3) is 0.533. The van der Waals surface area contributed by atoms with Gasteiger partial charge >= 0.3 is 0 Å². The van der Waals surface area contributed by atoms with Crippen molar-refractivity contribution in [2.24, 2.45) is 0 Å². The Morgan fingerprint density at radius 2 is 2.00 bits per heavy atom. The largest absolute Gasteiger partial charge is 0.376 e. The summed E-state index contributed by atoms with van der Waals surface area (Å²) < 4.78 is 10.6. The molecule has 0 amide bonds. The van der Waals surface area contributed by atoms with Gasteiger partial charge in [0, 0.05) is 6.42 Å². The molecule has 1 atom stereocenters. The van der Waals surface area contributed by atoms with Gasteiger partial charge in [-0.3, -0.25) is 4.79 Å². The van der Waals surface area contributed by atoms with Gasteiger partial charge < -0.3 is 9.47 Å². The van der Waals surface area contributed by atoms with Crippen molar-refractivity contribution in [1.29, 1.82) is 0 Å². The molecular weight excluding hydrogens is 228 g/mol. The monoisotopic (exact) mass is 248 g/mol. The molecule has 2 rings (SSSR count). The van der Waals surface area contributed by atoms with Gasteiger partial charge in [0.1, 0.15) is 6.10 Å². The van der Waals surface area contributed by atoms with E-state index in [1.54, 1.807) is 0 Å². The van der Waals surface area contributed by atoms with Gasteiger partial charge in [0.25, 0.3) is 0 Å². The molecule has 1 aliphatic rings. The molecule has 3 heteroatoms. The maximum atomic E-state index is 12.0. The Balaban J connectivity index is 1.94. The van der Waals surface area contributed by atoms with E-state index >= 15 is 0 Å². The van der Waals surface area contributed by atoms with Crippen LogP contribution in [0.2, 0.25) is 0 Å². The quantitative estimate of drug-likeness (QED) is 0.820. The van der Waals surface area contributed by atoms with Crippen molar-refractivity contribution in [2.75, 3.05) is 19.8 Å². The highest BCUT2D eigenvalue weighted by atomic mass is 16.6. The van der Waals surface area contributed by atoms with Crippen LogP contribution in [-0.2, 0) is 20.7 Å². The second kappa shape index (κ2) is 6.12. The number of ether oxygens (including phenoxy) is 2. The Morgan fingerprint density at radius 1 is 1.28 bits per heavy atom. The van der Waals surface area contributed by atoms with E-state index in [1.165, 1.54) is 5.56 Å². The Labute approximate surface area is 108 Å². The molecule has 3 nitrogen and oxygen atoms in total. The topological polar surface area (TPSA) is 35.5 Å².